The van der Waals surface area contributed by atoms with Crippen molar-refractivity contribution in [3.63, 3.8) is 0 Å². The summed E-state index contributed by atoms with van der Waals surface area (Å²) >= 11 is 0. The molecule has 0 spiro atoms. The molecule has 80 valence electrons. The van der Waals surface area contributed by atoms with Crippen LogP contribution in [-0.4, -0.2) is 42.6 Å². The highest BCUT2D eigenvalue weighted by molar-refractivity contribution is 5.47. The zero-order valence-electron chi connectivity index (χ0n) is 8.89. The molecule has 0 aromatic carbocycles. The molecule has 3 heteroatoms. The second kappa shape index (κ2) is 5.63. The predicted octanol–water partition coefficient (Wildman–Crippen LogP) is 1.00. The SMILES string of the molecule is C(=Cc1cccnc1)CN1CCNCC1. The smallest absolute Gasteiger partial charge is 0.0340 e. The summed E-state index contributed by atoms with van der Waals surface area (Å²) in [6, 6.07) is 4.03. The van der Waals surface area contributed by atoms with E-state index < -0.39 is 0 Å². The van der Waals surface area contributed by atoms with Gasteiger partial charge in [0.05, 0.1) is 0 Å². The number of piperazine rings is 1. The van der Waals surface area contributed by atoms with Gasteiger partial charge in [-0.3, -0.25) is 9.88 Å². The standard InChI is InChI=1S/C12H17N3/c1-3-12(11-14-5-1)4-2-8-15-9-6-13-7-10-15/h1-5,11,13H,6-10H2. The lowest BCUT2D eigenvalue weighted by Gasteiger charge is -2.25. The zero-order chi connectivity index (χ0) is 10.3. The number of aromatic nitrogens is 1. The highest BCUT2D eigenvalue weighted by Crippen LogP contribution is 1.99. The third-order valence-corrected chi connectivity index (χ3v) is 2.57. The van der Waals surface area contributed by atoms with Crippen LogP contribution in [0.1, 0.15) is 5.56 Å². The van der Waals surface area contributed by atoms with Gasteiger partial charge >= 0.3 is 0 Å². The topological polar surface area (TPSA) is 28.2 Å². The normalized spacial score (nSPS) is 18.4. The van der Waals surface area contributed by atoms with Crippen LogP contribution in [0.3, 0.4) is 0 Å². The van der Waals surface area contributed by atoms with Gasteiger partial charge in [-0.1, -0.05) is 18.2 Å². The second-order valence-corrected chi connectivity index (χ2v) is 3.74. The molecule has 1 aromatic heterocycles. The van der Waals surface area contributed by atoms with Crippen molar-refractivity contribution < 1.29 is 0 Å². The largest absolute Gasteiger partial charge is 0.314 e. The molecule has 15 heavy (non-hydrogen) atoms. The molecular weight excluding hydrogens is 186 g/mol. The van der Waals surface area contributed by atoms with Crippen molar-refractivity contribution in [2.75, 3.05) is 32.7 Å². The number of nitrogens with one attached hydrogen (secondary N) is 1. The van der Waals surface area contributed by atoms with Gasteiger partial charge in [0, 0.05) is 45.1 Å². The molecule has 1 aliphatic rings. The lowest BCUT2D eigenvalue weighted by molar-refractivity contribution is 0.265. The molecule has 0 radical (unpaired) electrons. The van der Waals surface area contributed by atoms with Crippen molar-refractivity contribution in [2.45, 2.75) is 0 Å². The van der Waals surface area contributed by atoms with Crippen molar-refractivity contribution >= 4 is 6.08 Å². The minimum Gasteiger partial charge on any atom is -0.314 e. The van der Waals surface area contributed by atoms with Crippen LogP contribution in [0.5, 0.6) is 0 Å². The van der Waals surface area contributed by atoms with Gasteiger partial charge in [-0.15, -0.1) is 0 Å². The molecule has 0 unspecified atom stereocenters. The van der Waals surface area contributed by atoms with E-state index in [1.165, 1.54) is 5.56 Å². The van der Waals surface area contributed by atoms with Gasteiger partial charge in [0.25, 0.3) is 0 Å². The number of hydrogen-bond donors (Lipinski definition) is 1. The Morgan fingerprint density at radius 3 is 3.00 bits per heavy atom. The van der Waals surface area contributed by atoms with Crippen LogP contribution < -0.4 is 5.32 Å². The minimum atomic E-state index is 1.04. The summed E-state index contributed by atoms with van der Waals surface area (Å²) in [5.41, 5.74) is 1.17. The fourth-order valence-electron chi connectivity index (χ4n) is 1.71. The Bertz CT molecular complexity index is 302. The van der Waals surface area contributed by atoms with Gasteiger partial charge in [0.15, 0.2) is 0 Å². The monoisotopic (exact) mass is 203 g/mol. The van der Waals surface area contributed by atoms with E-state index in [0.717, 1.165) is 32.7 Å². The molecule has 3 nitrogen and oxygen atoms in total. The van der Waals surface area contributed by atoms with Crippen molar-refractivity contribution in [1.29, 1.82) is 0 Å². The third kappa shape index (κ3) is 3.46. The average Bonchev–Trinajstić information content (AvgIpc) is 2.32. The van der Waals surface area contributed by atoms with E-state index in [4.69, 9.17) is 0 Å². The second-order valence-electron chi connectivity index (χ2n) is 3.74. The molecule has 1 N–H and O–H groups in total. The number of nitrogens with zero attached hydrogens (tertiary/aromatic N) is 2. The van der Waals surface area contributed by atoms with E-state index in [2.05, 4.69) is 33.4 Å². The molecule has 1 aromatic rings. The van der Waals surface area contributed by atoms with E-state index >= 15 is 0 Å². The zero-order valence-corrected chi connectivity index (χ0v) is 8.89. The first kappa shape index (κ1) is 10.3. The fraction of sp³-hybridized carbons (Fsp3) is 0.417. The molecule has 0 atom stereocenters. The number of pyridine rings is 1. The summed E-state index contributed by atoms with van der Waals surface area (Å²) in [5.74, 6) is 0. The van der Waals surface area contributed by atoms with E-state index in [9.17, 15) is 0 Å². The Labute approximate surface area is 90.8 Å². The molecule has 0 amide bonds. The summed E-state index contributed by atoms with van der Waals surface area (Å²) in [7, 11) is 0. The Balaban J connectivity index is 1.79. The van der Waals surface area contributed by atoms with Gasteiger partial charge in [0.2, 0.25) is 0 Å². The minimum absolute atomic E-state index is 1.04. The van der Waals surface area contributed by atoms with E-state index in [1.54, 1.807) is 6.20 Å². The molecule has 0 aliphatic carbocycles. The molecule has 2 heterocycles. The Morgan fingerprint density at radius 1 is 1.40 bits per heavy atom. The van der Waals surface area contributed by atoms with Crippen LogP contribution in [0.4, 0.5) is 0 Å². The molecule has 1 aliphatic heterocycles. The fourth-order valence-corrected chi connectivity index (χ4v) is 1.71. The third-order valence-electron chi connectivity index (χ3n) is 2.57. The van der Waals surface area contributed by atoms with Crippen LogP contribution in [-0.2, 0) is 0 Å². The van der Waals surface area contributed by atoms with E-state index in [0.29, 0.717) is 0 Å². The number of rotatable bonds is 3. The van der Waals surface area contributed by atoms with Crippen molar-refractivity contribution in [2.24, 2.45) is 0 Å². The van der Waals surface area contributed by atoms with Crippen LogP contribution in [0.2, 0.25) is 0 Å². The van der Waals surface area contributed by atoms with Gasteiger partial charge in [0.1, 0.15) is 0 Å². The molecule has 2 rings (SSSR count). The average molecular weight is 203 g/mol. The molecule has 1 saturated heterocycles. The summed E-state index contributed by atoms with van der Waals surface area (Å²) in [6.07, 6.45) is 8.03. The van der Waals surface area contributed by atoms with Gasteiger partial charge < -0.3 is 5.32 Å². The Kier molecular flexibility index (Phi) is 3.88. The van der Waals surface area contributed by atoms with Gasteiger partial charge in [-0.2, -0.15) is 0 Å². The van der Waals surface area contributed by atoms with Crippen LogP contribution in [0.15, 0.2) is 30.6 Å². The summed E-state index contributed by atoms with van der Waals surface area (Å²) in [5, 5.41) is 3.35. The Hall–Kier alpha value is -1.19. The maximum Gasteiger partial charge on any atom is 0.0340 e. The number of hydrogen-bond acceptors (Lipinski definition) is 3. The maximum atomic E-state index is 4.08. The van der Waals surface area contributed by atoms with E-state index in [-0.39, 0.29) is 0 Å². The van der Waals surface area contributed by atoms with Gasteiger partial charge in [-0.25, -0.2) is 0 Å². The maximum absolute atomic E-state index is 4.08. The first-order valence-corrected chi connectivity index (χ1v) is 5.45. The van der Waals surface area contributed by atoms with Crippen molar-refractivity contribution in [1.82, 2.24) is 15.2 Å². The Morgan fingerprint density at radius 2 is 2.27 bits per heavy atom. The quantitative estimate of drug-likeness (QED) is 0.794. The first-order chi connectivity index (χ1) is 7.45. The van der Waals surface area contributed by atoms with Crippen molar-refractivity contribution in [3.05, 3.63) is 36.2 Å². The van der Waals surface area contributed by atoms with Crippen LogP contribution in [0.25, 0.3) is 6.08 Å². The molecule has 0 bridgehead atoms. The van der Waals surface area contributed by atoms with Gasteiger partial charge in [-0.05, 0) is 11.6 Å². The molecule has 0 saturated carbocycles. The van der Waals surface area contributed by atoms with E-state index in [1.807, 2.05) is 12.3 Å². The lowest BCUT2D eigenvalue weighted by Crippen LogP contribution is -2.43. The highest BCUT2D eigenvalue weighted by atomic mass is 15.2. The summed E-state index contributed by atoms with van der Waals surface area (Å²) in [4.78, 5) is 6.52. The van der Waals surface area contributed by atoms with Crippen molar-refractivity contribution in [3.8, 4) is 0 Å². The predicted molar refractivity (Wildman–Crippen MR) is 62.6 cm³/mol. The molecule has 1 fully saturated rings. The summed E-state index contributed by atoms with van der Waals surface area (Å²) < 4.78 is 0. The van der Waals surface area contributed by atoms with Crippen LogP contribution in [0, 0.1) is 0 Å². The first-order valence-electron chi connectivity index (χ1n) is 5.45. The van der Waals surface area contributed by atoms with Crippen LogP contribution >= 0.6 is 0 Å². The highest BCUT2D eigenvalue weighted by Gasteiger charge is 2.06. The lowest BCUT2D eigenvalue weighted by atomic mass is 10.2. The molecular formula is C12H17N3. The summed E-state index contributed by atoms with van der Waals surface area (Å²) in [6.45, 7) is 5.56.